The van der Waals surface area contributed by atoms with Crippen LogP contribution in [0.1, 0.15) is 5.56 Å². The number of hydrogen-bond donors (Lipinski definition) is 2. The van der Waals surface area contributed by atoms with Crippen LogP contribution in [0.15, 0.2) is 36.4 Å². The number of fused-ring (bicyclic) bond motifs is 1. The maximum Gasteiger partial charge on any atom is 0.358 e. The minimum Gasteiger partial charge on any atom is -0.504 e. The Labute approximate surface area is 104 Å². The summed E-state index contributed by atoms with van der Waals surface area (Å²) in [5, 5.41) is 19.0. The third-order valence-corrected chi connectivity index (χ3v) is 2.87. The molecular formula is C14H12O4. The minimum absolute atomic E-state index is 0.0420. The Bertz CT molecular complexity index is 589. The van der Waals surface area contributed by atoms with Gasteiger partial charge in [-0.2, -0.15) is 0 Å². The van der Waals surface area contributed by atoms with Gasteiger partial charge in [-0.3, -0.25) is 0 Å². The molecule has 2 N–H and O–H groups in total. The quantitative estimate of drug-likeness (QED) is 0.808. The summed E-state index contributed by atoms with van der Waals surface area (Å²) in [7, 11) is 0. The zero-order valence-corrected chi connectivity index (χ0v) is 9.75. The second-order valence-corrected chi connectivity index (χ2v) is 4.23. The Hall–Kier alpha value is -2.20. The van der Waals surface area contributed by atoms with E-state index in [2.05, 4.69) is 0 Å². The third kappa shape index (κ3) is 1.76. The second kappa shape index (κ2) is 3.92. The van der Waals surface area contributed by atoms with E-state index in [0.29, 0.717) is 5.75 Å². The van der Waals surface area contributed by atoms with Crippen molar-refractivity contribution in [2.24, 2.45) is 0 Å². The molecule has 4 nitrogen and oxygen atoms in total. The number of rotatable bonds is 1. The molecule has 1 aliphatic rings. The van der Waals surface area contributed by atoms with Crippen molar-refractivity contribution in [3.8, 4) is 28.4 Å². The lowest BCUT2D eigenvalue weighted by molar-refractivity contribution is -0.133. The number of ether oxygens (including phenoxy) is 2. The molecule has 18 heavy (non-hydrogen) atoms. The number of hydrogen-bond acceptors (Lipinski definition) is 4. The van der Waals surface area contributed by atoms with Gasteiger partial charge in [-0.1, -0.05) is 29.8 Å². The van der Waals surface area contributed by atoms with Crippen LogP contribution in [0.4, 0.5) is 0 Å². The van der Waals surface area contributed by atoms with E-state index in [9.17, 15) is 10.2 Å². The molecule has 4 heteroatoms. The molecule has 2 aromatic rings. The lowest BCUT2D eigenvalue weighted by Gasteiger charge is -2.05. The van der Waals surface area contributed by atoms with Crippen molar-refractivity contribution < 1.29 is 19.7 Å². The van der Waals surface area contributed by atoms with E-state index in [1.807, 2.05) is 31.2 Å². The number of aromatic hydroxyl groups is 1. The predicted molar refractivity (Wildman–Crippen MR) is 65.5 cm³/mol. The Kier molecular flexibility index (Phi) is 2.38. The Morgan fingerprint density at radius 1 is 1.00 bits per heavy atom. The van der Waals surface area contributed by atoms with Crippen LogP contribution < -0.4 is 9.47 Å². The number of aliphatic hydroxyl groups excluding tert-OH is 1. The summed E-state index contributed by atoms with van der Waals surface area (Å²) >= 11 is 0. The van der Waals surface area contributed by atoms with Crippen LogP contribution in [0.2, 0.25) is 0 Å². The largest absolute Gasteiger partial charge is 0.504 e. The molecule has 92 valence electrons. The normalized spacial score (nSPS) is 16.9. The molecule has 1 unspecified atom stereocenters. The molecule has 1 heterocycles. The van der Waals surface area contributed by atoms with Gasteiger partial charge in [0.25, 0.3) is 0 Å². The average Bonchev–Trinajstić information content (AvgIpc) is 2.71. The second-order valence-electron chi connectivity index (χ2n) is 4.23. The maximum absolute atomic E-state index is 9.83. The zero-order chi connectivity index (χ0) is 12.7. The van der Waals surface area contributed by atoms with Gasteiger partial charge in [0.05, 0.1) is 0 Å². The molecule has 0 spiro atoms. The molecule has 0 radical (unpaired) electrons. The van der Waals surface area contributed by atoms with E-state index in [4.69, 9.17) is 9.47 Å². The lowest BCUT2D eigenvalue weighted by Crippen LogP contribution is -2.15. The SMILES string of the molecule is Cc1ccc(-c2cc(O)c3c(c2)OC(O)O3)cc1. The van der Waals surface area contributed by atoms with Crippen molar-refractivity contribution in [1.29, 1.82) is 0 Å². The van der Waals surface area contributed by atoms with E-state index in [-0.39, 0.29) is 11.5 Å². The van der Waals surface area contributed by atoms with E-state index >= 15 is 0 Å². The maximum atomic E-state index is 9.83. The van der Waals surface area contributed by atoms with Crippen LogP contribution in [0, 0.1) is 6.92 Å². The predicted octanol–water partition coefficient (Wildman–Crippen LogP) is 2.41. The molecule has 0 bridgehead atoms. The highest BCUT2D eigenvalue weighted by Crippen LogP contribution is 2.44. The Morgan fingerprint density at radius 2 is 1.72 bits per heavy atom. The van der Waals surface area contributed by atoms with Crippen LogP contribution in [0.3, 0.4) is 0 Å². The summed E-state index contributed by atoms with van der Waals surface area (Å²) in [4.78, 5) is 0. The van der Waals surface area contributed by atoms with Crippen LogP contribution in [-0.2, 0) is 0 Å². The Morgan fingerprint density at radius 3 is 2.44 bits per heavy atom. The first-order chi connectivity index (χ1) is 8.63. The first-order valence-electron chi connectivity index (χ1n) is 5.59. The van der Waals surface area contributed by atoms with Crippen LogP contribution in [0.25, 0.3) is 11.1 Å². The fourth-order valence-corrected chi connectivity index (χ4v) is 1.94. The van der Waals surface area contributed by atoms with E-state index in [1.54, 1.807) is 12.1 Å². The summed E-state index contributed by atoms with van der Waals surface area (Å²) in [6.07, 6.45) is 0. The average molecular weight is 244 g/mol. The van der Waals surface area contributed by atoms with Crippen LogP contribution in [-0.4, -0.2) is 16.7 Å². The number of phenols is 1. The highest BCUT2D eigenvalue weighted by Gasteiger charge is 2.26. The Balaban J connectivity index is 2.07. The van der Waals surface area contributed by atoms with Crippen molar-refractivity contribution in [2.45, 2.75) is 13.4 Å². The van der Waals surface area contributed by atoms with Gasteiger partial charge in [0.2, 0.25) is 5.75 Å². The molecule has 1 atom stereocenters. The van der Waals surface area contributed by atoms with Crippen molar-refractivity contribution in [3.63, 3.8) is 0 Å². The van der Waals surface area contributed by atoms with Crippen molar-refractivity contribution >= 4 is 0 Å². The highest BCUT2D eigenvalue weighted by atomic mass is 16.8. The van der Waals surface area contributed by atoms with Crippen molar-refractivity contribution in [1.82, 2.24) is 0 Å². The summed E-state index contributed by atoms with van der Waals surface area (Å²) < 4.78 is 9.98. The van der Waals surface area contributed by atoms with Crippen molar-refractivity contribution in [3.05, 3.63) is 42.0 Å². The molecule has 2 aromatic carbocycles. The van der Waals surface area contributed by atoms with Gasteiger partial charge in [0.1, 0.15) is 0 Å². The van der Waals surface area contributed by atoms with E-state index in [1.165, 1.54) is 5.56 Å². The van der Waals surface area contributed by atoms with Crippen molar-refractivity contribution in [2.75, 3.05) is 0 Å². The summed E-state index contributed by atoms with van der Waals surface area (Å²) in [5.74, 6) is 0.482. The van der Waals surface area contributed by atoms with Gasteiger partial charge in [0, 0.05) is 0 Å². The fraction of sp³-hybridized carbons (Fsp3) is 0.143. The first-order valence-corrected chi connectivity index (χ1v) is 5.59. The van der Waals surface area contributed by atoms with Gasteiger partial charge in [-0.05, 0) is 30.2 Å². The summed E-state index contributed by atoms with van der Waals surface area (Å²) in [6, 6.07) is 11.2. The third-order valence-electron chi connectivity index (χ3n) is 2.87. The van der Waals surface area contributed by atoms with E-state index < -0.39 is 6.48 Å². The minimum atomic E-state index is -1.35. The molecule has 0 aliphatic carbocycles. The van der Waals surface area contributed by atoms with Gasteiger partial charge < -0.3 is 19.7 Å². The molecule has 3 rings (SSSR count). The molecule has 0 saturated heterocycles. The molecular weight excluding hydrogens is 232 g/mol. The standard InChI is InChI=1S/C14H12O4/c1-8-2-4-9(5-3-8)10-6-11(15)13-12(7-10)17-14(16)18-13/h2-7,14-16H,1H3. The fourth-order valence-electron chi connectivity index (χ4n) is 1.94. The van der Waals surface area contributed by atoms with E-state index in [0.717, 1.165) is 11.1 Å². The number of aryl methyl sites for hydroxylation is 1. The lowest BCUT2D eigenvalue weighted by atomic mass is 10.0. The molecule has 0 saturated carbocycles. The molecule has 0 fully saturated rings. The highest BCUT2D eigenvalue weighted by molar-refractivity contribution is 5.71. The van der Waals surface area contributed by atoms with Crippen LogP contribution in [0.5, 0.6) is 17.2 Å². The summed E-state index contributed by atoms with van der Waals surface area (Å²) in [6.45, 7) is 0.663. The van der Waals surface area contributed by atoms with Gasteiger partial charge >= 0.3 is 6.48 Å². The van der Waals surface area contributed by atoms with Gasteiger partial charge in [-0.15, -0.1) is 0 Å². The summed E-state index contributed by atoms with van der Waals surface area (Å²) in [5.41, 5.74) is 2.94. The molecule has 0 aromatic heterocycles. The molecule has 1 aliphatic heterocycles. The zero-order valence-electron chi connectivity index (χ0n) is 9.75. The first kappa shape index (κ1) is 10.9. The van der Waals surface area contributed by atoms with Gasteiger partial charge in [0.15, 0.2) is 11.5 Å². The molecule has 0 amide bonds. The smallest absolute Gasteiger partial charge is 0.358 e. The number of benzene rings is 2. The number of aliphatic hydroxyl groups is 1. The van der Waals surface area contributed by atoms with Gasteiger partial charge in [-0.25, -0.2) is 0 Å². The van der Waals surface area contributed by atoms with Crippen LogP contribution >= 0.6 is 0 Å². The monoisotopic (exact) mass is 244 g/mol. The number of phenolic OH excluding ortho intramolecular Hbond substituents is 1. The topological polar surface area (TPSA) is 58.9 Å².